The van der Waals surface area contributed by atoms with Crippen LogP contribution in [0, 0.1) is 11.3 Å². The standard InChI is InChI=1S/C10H16N2O2/c1-2-4-10(9(13)14)5-3-7-12(10)8-6-11/h2-5,7-8H2,1H3,(H,13,14). The summed E-state index contributed by atoms with van der Waals surface area (Å²) in [5.41, 5.74) is -0.759. The SMILES string of the molecule is CCCC1(C(=O)O)CCCN1CC#N. The molecule has 0 saturated carbocycles. The highest BCUT2D eigenvalue weighted by Gasteiger charge is 2.46. The van der Waals surface area contributed by atoms with Gasteiger partial charge in [-0.2, -0.15) is 5.26 Å². The van der Waals surface area contributed by atoms with Crippen molar-refractivity contribution < 1.29 is 9.90 Å². The minimum Gasteiger partial charge on any atom is -0.480 e. The fourth-order valence-electron chi connectivity index (χ4n) is 2.30. The van der Waals surface area contributed by atoms with Crippen LogP contribution in [-0.2, 0) is 4.79 Å². The van der Waals surface area contributed by atoms with Crippen molar-refractivity contribution in [1.29, 1.82) is 5.26 Å². The lowest BCUT2D eigenvalue weighted by Gasteiger charge is -2.32. The lowest BCUT2D eigenvalue weighted by molar-refractivity contribution is -0.149. The number of carboxylic acids is 1. The zero-order valence-corrected chi connectivity index (χ0v) is 8.49. The van der Waals surface area contributed by atoms with Crippen LogP contribution in [0.25, 0.3) is 0 Å². The second-order valence-corrected chi connectivity index (χ2v) is 3.77. The monoisotopic (exact) mass is 196 g/mol. The lowest BCUT2D eigenvalue weighted by atomic mass is 9.91. The second kappa shape index (κ2) is 4.43. The zero-order chi connectivity index (χ0) is 10.6. The van der Waals surface area contributed by atoms with E-state index < -0.39 is 11.5 Å². The fourth-order valence-corrected chi connectivity index (χ4v) is 2.30. The van der Waals surface area contributed by atoms with Gasteiger partial charge >= 0.3 is 5.97 Å². The maximum atomic E-state index is 11.2. The van der Waals surface area contributed by atoms with Crippen LogP contribution in [0.1, 0.15) is 32.6 Å². The van der Waals surface area contributed by atoms with Crippen molar-refractivity contribution in [1.82, 2.24) is 4.90 Å². The number of likely N-dealkylation sites (tertiary alicyclic amines) is 1. The van der Waals surface area contributed by atoms with Gasteiger partial charge in [0.2, 0.25) is 0 Å². The van der Waals surface area contributed by atoms with Crippen molar-refractivity contribution in [2.75, 3.05) is 13.1 Å². The van der Waals surface area contributed by atoms with E-state index in [9.17, 15) is 9.90 Å². The van der Waals surface area contributed by atoms with E-state index >= 15 is 0 Å². The van der Waals surface area contributed by atoms with E-state index in [0.29, 0.717) is 12.8 Å². The fraction of sp³-hybridized carbons (Fsp3) is 0.800. The van der Waals surface area contributed by atoms with Gasteiger partial charge in [-0.15, -0.1) is 0 Å². The van der Waals surface area contributed by atoms with E-state index in [4.69, 9.17) is 5.26 Å². The molecule has 1 aliphatic rings. The summed E-state index contributed by atoms with van der Waals surface area (Å²) in [6.07, 6.45) is 3.05. The molecule has 0 aliphatic carbocycles. The molecule has 1 saturated heterocycles. The molecule has 0 aromatic carbocycles. The van der Waals surface area contributed by atoms with Gasteiger partial charge in [0.25, 0.3) is 0 Å². The summed E-state index contributed by atoms with van der Waals surface area (Å²) in [5, 5.41) is 17.9. The van der Waals surface area contributed by atoms with Crippen LogP contribution in [-0.4, -0.2) is 34.6 Å². The van der Waals surface area contributed by atoms with Crippen molar-refractivity contribution in [3.05, 3.63) is 0 Å². The molecule has 14 heavy (non-hydrogen) atoms. The Morgan fingerprint density at radius 3 is 2.93 bits per heavy atom. The highest BCUT2D eigenvalue weighted by molar-refractivity contribution is 5.79. The number of nitrogens with zero attached hydrogens (tertiary/aromatic N) is 2. The van der Waals surface area contributed by atoms with Crippen LogP contribution in [0.4, 0.5) is 0 Å². The Kier molecular flexibility index (Phi) is 3.48. The van der Waals surface area contributed by atoms with Crippen molar-refractivity contribution in [3.8, 4) is 6.07 Å². The zero-order valence-electron chi connectivity index (χ0n) is 8.49. The van der Waals surface area contributed by atoms with Crippen LogP contribution in [0.5, 0.6) is 0 Å². The van der Waals surface area contributed by atoms with Crippen LogP contribution < -0.4 is 0 Å². The third-order valence-electron chi connectivity index (χ3n) is 2.95. The Labute approximate surface area is 84.1 Å². The number of carbonyl (C=O) groups is 1. The number of carboxylic acid groups (broad SMARTS) is 1. The van der Waals surface area contributed by atoms with E-state index in [1.165, 1.54) is 0 Å². The topological polar surface area (TPSA) is 64.3 Å². The van der Waals surface area contributed by atoms with E-state index in [-0.39, 0.29) is 6.54 Å². The van der Waals surface area contributed by atoms with Crippen molar-refractivity contribution in [3.63, 3.8) is 0 Å². The molecule has 1 unspecified atom stereocenters. The third-order valence-corrected chi connectivity index (χ3v) is 2.95. The van der Waals surface area contributed by atoms with Gasteiger partial charge in [0.1, 0.15) is 5.54 Å². The lowest BCUT2D eigenvalue weighted by Crippen LogP contribution is -2.50. The molecule has 4 heteroatoms. The Bertz CT molecular complexity index is 259. The van der Waals surface area contributed by atoms with Crippen LogP contribution in [0.3, 0.4) is 0 Å². The molecule has 1 fully saturated rings. The number of rotatable bonds is 4. The smallest absolute Gasteiger partial charge is 0.324 e. The minimum absolute atomic E-state index is 0.228. The molecule has 78 valence electrons. The summed E-state index contributed by atoms with van der Waals surface area (Å²) >= 11 is 0. The predicted molar refractivity (Wildman–Crippen MR) is 51.7 cm³/mol. The number of hydrogen-bond donors (Lipinski definition) is 1. The molecule has 1 heterocycles. The normalized spacial score (nSPS) is 27.4. The molecule has 0 aromatic heterocycles. The van der Waals surface area contributed by atoms with E-state index in [1.807, 2.05) is 13.0 Å². The molecule has 0 spiro atoms. The Balaban J connectivity index is 2.84. The van der Waals surface area contributed by atoms with Crippen LogP contribution >= 0.6 is 0 Å². The van der Waals surface area contributed by atoms with Crippen molar-refractivity contribution >= 4 is 5.97 Å². The van der Waals surface area contributed by atoms with Gasteiger partial charge in [0.05, 0.1) is 12.6 Å². The molecule has 4 nitrogen and oxygen atoms in total. The molecule has 1 N–H and O–H groups in total. The third kappa shape index (κ3) is 1.73. The summed E-state index contributed by atoms with van der Waals surface area (Å²) < 4.78 is 0. The van der Waals surface area contributed by atoms with Gasteiger partial charge in [-0.05, 0) is 19.3 Å². The van der Waals surface area contributed by atoms with Crippen LogP contribution in [0.15, 0.2) is 0 Å². The Morgan fingerprint density at radius 1 is 1.71 bits per heavy atom. The maximum Gasteiger partial charge on any atom is 0.324 e. The molecular weight excluding hydrogens is 180 g/mol. The number of aliphatic carboxylic acids is 1. The van der Waals surface area contributed by atoms with Crippen molar-refractivity contribution in [2.45, 2.75) is 38.1 Å². The summed E-state index contributed by atoms with van der Waals surface area (Å²) in [4.78, 5) is 13.1. The molecule has 0 radical (unpaired) electrons. The van der Waals surface area contributed by atoms with Gasteiger partial charge in [0, 0.05) is 6.54 Å². The molecule has 0 aromatic rings. The molecule has 1 aliphatic heterocycles. The number of nitriles is 1. The quantitative estimate of drug-likeness (QED) is 0.687. The van der Waals surface area contributed by atoms with E-state index in [1.54, 1.807) is 4.90 Å². The van der Waals surface area contributed by atoms with Gasteiger partial charge in [0.15, 0.2) is 0 Å². The summed E-state index contributed by atoms with van der Waals surface area (Å²) in [7, 11) is 0. The van der Waals surface area contributed by atoms with E-state index in [2.05, 4.69) is 0 Å². The van der Waals surface area contributed by atoms with Gasteiger partial charge in [-0.1, -0.05) is 13.3 Å². The summed E-state index contributed by atoms with van der Waals surface area (Å²) in [6.45, 7) is 2.94. The molecule has 0 amide bonds. The second-order valence-electron chi connectivity index (χ2n) is 3.77. The Hall–Kier alpha value is -1.08. The summed E-state index contributed by atoms with van der Waals surface area (Å²) in [6, 6.07) is 2.04. The first-order valence-electron chi connectivity index (χ1n) is 5.03. The highest BCUT2D eigenvalue weighted by Crippen LogP contribution is 2.33. The average Bonchev–Trinajstić information content (AvgIpc) is 2.51. The van der Waals surface area contributed by atoms with Gasteiger partial charge in [-0.3, -0.25) is 9.69 Å². The largest absolute Gasteiger partial charge is 0.480 e. The molecular formula is C10H16N2O2. The molecule has 0 bridgehead atoms. The summed E-state index contributed by atoms with van der Waals surface area (Å²) in [5.74, 6) is -0.771. The first kappa shape index (κ1) is 11.0. The van der Waals surface area contributed by atoms with Crippen LogP contribution in [0.2, 0.25) is 0 Å². The number of hydrogen-bond acceptors (Lipinski definition) is 3. The van der Waals surface area contributed by atoms with Crippen molar-refractivity contribution in [2.24, 2.45) is 0 Å². The van der Waals surface area contributed by atoms with Gasteiger partial charge in [-0.25, -0.2) is 0 Å². The first-order chi connectivity index (χ1) is 6.67. The maximum absolute atomic E-state index is 11.2. The first-order valence-corrected chi connectivity index (χ1v) is 5.03. The molecule has 1 rings (SSSR count). The average molecular weight is 196 g/mol. The van der Waals surface area contributed by atoms with Gasteiger partial charge < -0.3 is 5.11 Å². The Morgan fingerprint density at radius 2 is 2.43 bits per heavy atom. The highest BCUT2D eigenvalue weighted by atomic mass is 16.4. The predicted octanol–water partition coefficient (Wildman–Crippen LogP) is 1.23. The minimum atomic E-state index is -0.771. The van der Waals surface area contributed by atoms with E-state index in [0.717, 1.165) is 19.4 Å². The molecule has 1 atom stereocenters.